The van der Waals surface area contributed by atoms with Crippen molar-refractivity contribution in [3.8, 4) is 11.5 Å². The fourth-order valence-electron chi connectivity index (χ4n) is 3.95. The predicted molar refractivity (Wildman–Crippen MR) is 130 cm³/mol. The van der Waals surface area contributed by atoms with E-state index in [0.717, 1.165) is 6.42 Å². The monoisotopic (exact) mass is 467 g/mol. The Bertz CT molecular complexity index is 1030. The second kappa shape index (κ2) is 11.7. The van der Waals surface area contributed by atoms with Gasteiger partial charge in [0.2, 0.25) is 0 Å². The van der Waals surface area contributed by atoms with E-state index in [0.29, 0.717) is 48.8 Å². The topological polar surface area (TPSA) is 85.3 Å². The molecule has 1 aliphatic heterocycles. The quantitative estimate of drug-likeness (QED) is 0.223. The maximum atomic E-state index is 13.1. The number of methoxy groups -OCH3 is 1. The van der Waals surface area contributed by atoms with Gasteiger partial charge >= 0.3 is 0 Å². The van der Waals surface area contributed by atoms with E-state index < -0.39 is 17.7 Å². The molecule has 0 aliphatic carbocycles. The molecule has 34 heavy (non-hydrogen) atoms. The third-order valence-electron chi connectivity index (χ3n) is 5.43. The molecule has 1 saturated heterocycles. The zero-order valence-electron chi connectivity index (χ0n) is 20.2. The number of hydrogen-bond acceptors (Lipinski definition) is 6. The van der Waals surface area contributed by atoms with Gasteiger partial charge in [0, 0.05) is 25.8 Å². The van der Waals surface area contributed by atoms with Crippen LogP contribution in [-0.4, -0.2) is 54.7 Å². The van der Waals surface area contributed by atoms with Crippen LogP contribution >= 0.6 is 0 Å². The molecule has 3 rings (SSSR count). The van der Waals surface area contributed by atoms with Gasteiger partial charge in [-0.1, -0.05) is 19.1 Å². The smallest absolute Gasteiger partial charge is 0.295 e. The zero-order valence-corrected chi connectivity index (χ0v) is 20.2. The SMILES string of the molecule is CCCOc1cccc(C2/C(=C(/O)c3ccc(OC(C)C)cc3)C(=O)C(=O)N2CCCOC)c1. The molecule has 1 amide bonds. The van der Waals surface area contributed by atoms with Gasteiger partial charge in [-0.05, 0) is 68.7 Å². The summed E-state index contributed by atoms with van der Waals surface area (Å²) in [6.07, 6.45) is 1.43. The summed E-state index contributed by atoms with van der Waals surface area (Å²) in [4.78, 5) is 27.6. The summed E-state index contributed by atoms with van der Waals surface area (Å²) >= 11 is 0. The first kappa shape index (κ1) is 25.3. The number of hydrogen-bond donors (Lipinski definition) is 1. The van der Waals surface area contributed by atoms with E-state index in [9.17, 15) is 14.7 Å². The normalized spacial score (nSPS) is 17.4. The molecule has 7 nitrogen and oxygen atoms in total. The molecule has 2 aromatic carbocycles. The molecule has 1 unspecified atom stereocenters. The van der Waals surface area contributed by atoms with Crippen molar-refractivity contribution in [3.05, 3.63) is 65.2 Å². The van der Waals surface area contributed by atoms with E-state index in [1.54, 1.807) is 31.4 Å². The Balaban J connectivity index is 2.05. The molecule has 1 atom stereocenters. The van der Waals surface area contributed by atoms with E-state index in [1.165, 1.54) is 4.90 Å². The van der Waals surface area contributed by atoms with Gasteiger partial charge in [0.1, 0.15) is 17.3 Å². The van der Waals surface area contributed by atoms with Crippen molar-refractivity contribution in [2.45, 2.75) is 45.8 Å². The van der Waals surface area contributed by atoms with Gasteiger partial charge in [-0.15, -0.1) is 0 Å². The Morgan fingerprint density at radius 3 is 2.44 bits per heavy atom. The molecular weight excluding hydrogens is 434 g/mol. The minimum Gasteiger partial charge on any atom is -0.507 e. The first-order chi connectivity index (χ1) is 16.4. The minimum absolute atomic E-state index is 0.0130. The maximum absolute atomic E-state index is 13.1. The Morgan fingerprint density at radius 2 is 1.79 bits per heavy atom. The van der Waals surface area contributed by atoms with Gasteiger partial charge in [-0.3, -0.25) is 9.59 Å². The van der Waals surface area contributed by atoms with Crippen molar-refractivity contribution < 1.29 is 28.9 Å². The summed E-state index contributed by atoms with van der Waals surface area (Å²) in [6.45, 7) is 7.20. The number of Topliss-reactive ketones (excluding diaryl/α,β-unsaturated/α-hetero) is 1. The lowest BCUT2D eigenvalue weighted by Crippen LogP contribution is -2.31. The second-order valence-electron chi connectivity index (χ2n) is 8.45. The average molecular weight is 468 g/mol. The van der Waals surface area contributed by atoms with Crippen molar-refractivity contribution in [2.75, 3.05) is 26.9 Å². The molecule has 7 heteroatoms. The van der Waals surface area contributed by atoms with Crippen molar-refractivity contribution in [3.63, 3.8) is 0 Å². The van der Waals surface area contributed by atoms with Crippen LogP contribution in [0, 0.1) is 0 Å². The van der Waals surface area contributed by atoms with Gasteiger partial charge in [-0.2, -0.15) is 0 Å². The molecule has 1 fully saturated rings. The van der Waals surface area contributed by atoms with Crippen LogP contribution in [0.25, 0.3) is 5.76 Å². The highest BCUT2D eigenvalue weighted by atomic mass is 16.5. The third-order valence-corrected chi connectivity index (χ3v) is 5.43. The molecule has 182 valence electrons. The van der Waals surface area contributed by atoms with Crippen molar-refractivity contribution >= 4 is 17.4 Å². The lowest BCUT2D eigenvalue weighted by molar-refractivity contribution is -0.140. The largest absolute Gasteiger partial charge is 0.507 e. The van der Waals surface area contributed by atoms with Crippen molar-refractivity contribution in [1.29, 1.82) is 0 Å². The molecule has 1 heterocycles. The number of aliphatic hydroxyl groups is 1. The summed E-state index contributed by atoms with van der Waals surface area (Å²) in [5, 5.41) is 11.2. The molecular formula is C27H33NO6. The molecule has 1 aliphatic rings. The Morgan fingerprint density at radius 1 is 1.06 bits per heavy atom. The number of benzene rings is 2. The molecule has 2 aromatic rings. The highest BCUT2D eigenvalue weighted by Crippen LogP contribution is 2.40. The Hall–Kier alpha value is -3.32. The van der Waals surface area contributed by atoms with E-state index in [1.807, 2.05) is 45.0 Å². The number of rotatable bonds is 11. The van der Waals surface area contributed by atoms with Gasteiger partial charge in [0.25, 0.3) is 11.7 Å². The number of carbonyl (C=O) groups excluding carboxylic acids is 2. The molecule has 0 aromatic heterocycles. The fourth-order valence-corrected chi connectivity index (χ4v) is 3.95. The number of carbonyl (C=O) groups is 2. The fraction of sp³-hybridized carbons (Fsp3) is 0.407. The van der Waals surface area contributed by atoms with E-state index >= 15 is 0 Å². The second-order valence-corrected chi connectivity index (χ2v) is 8.45. The standard InChI is InChI=1S/C27H33NO6/c1-5-15-33-22-9-6-8-20(17-22)24-23(26(30)27(31)28(24)14-7-16-32-4)25(29)19-10-12-21(13-11-19)34-18(2)3/h6,8-13,17-18,24,29H,5,7,14-16H2,1-4H3/b25-23-. The summed E-state index contributed by atoms with van der Waals surface area (Å²) in [6, 6.07) is 13.4. The van der Waals surface area contributed by atoms with Crippen LogP contribution < -0.4 is 9.47 Å². The van der Waals surface area contributed by atoms with Crippen LogP contribution in [0.15, 0.2) is 54.1 Å². The first-order valence-corrected chi connectivity index (χ1v) is 11.6. The van der Waals surface area contributed by atoms with Crippen molar-refractivity contribution in [2.24, 2.45) is 0 Å². The van der Waals surface area contributed by atoms with Crippen LogP contribution in [0.4, 0.5) is 0 Å². The highest BCUT2D eigenvalue weighted by Gasteiger charge is 2.45. The minimum atomic E-state index is -0.728. The Labute approximate surface area is 200 Å². The summed E-state index contributed by atoms with van der Waals surface area (Å²) < 4.78 is 16.6. The van der Waals surface area contributed by atoms with E-state index in [-0.39, 0.29) is 17.4 Å². The van der Waals surface area contributed by atoms with Crippen LogP contribution in [0.1, 0.15) is 50.8 Å². The average Bonchev–Trinajstić information content (AvgIpc) is 3.08. The summed E-state index contributed by atoms with van der Waals surface area (Å²) in [7, 11) is 1.59. The van der Waals surface area contributed by atoms with Crippen LogP contribution in [0.3, 0.4) is 0 Å². The first-order valence-electron chi connectivity index (χ1n) is 11.6. The van der Waals surface area contributed by atoms with E-state index in [4.69, 9.17) is 14.2 Å². The number of ketones is 1. The van der Waals surface area contributed by atoms with Gasteiger partial charge in [0.05, 0.1) is 24.3 Å². The number of ether oxygens (including phenoxy) is 3. The summed E-state index contributed by atoms with van der Waals surface area (Å²) in [5.74, 6) is -0.251. The maximum Gasteiger partial charge on any atom is 0.295 e. The number of nitrogens with zero attached hydrogens (tertiary/aromatic N) is 1. The molecule has 0 bridgehead atoms. The van der Waals surface area contributed by atoms with Gasteiger partial charge < -0.3 is 24.2 Å². The van der Waals surface area contributed by atoms with Gasteiger partial charge in [0.15, 0.2) is 0 Å². The molecule has 0 spiro atoms. The number of amides is 1. The molecule has 0 saturated carbocycles. The molecule has 1 N–H and O–H groups in total. The van der Waals surface area contributed by atoms with E-state index in [2.05, 4.69) is 0 Å². The number of likely N-dealkylation sites (tertiary alicyclic amines) is 1. The highest BCUT2D eigenvalue weighted by molar-refractivity contribution is 6.46. The van der Waals surface area contributed by atoms with Gasteiger partial charge in [-0.25, -0.2) is 0 Å². The third kappa shape index (κ3) is 5.78. The lowest BCUT2D eigenvalue weighted by atomic mass is 9.95. The predicted octanol–water partition coefficient (Wildman–Crippen LogP) is 4.72. The Kier molecular flexibility index (Phi) is 8.71. The summed E-state index contributed by atoms with van der Waals surface area (Å²) in [5.41, 5.74) is 1.20. The van der Waals surface area contributed by atoms with Crippen LogP contribution in [0.5, 0.6) is 11.5 Å². The molecule has 0 radical (unpaired) electrons. The van der Waals surface area contributed by atoms with Crippen molar-refractivity contribution in [1.82, 2.24) is 4.90 Å². The lowest BCUT2D eigenvalue weighted by Gasteiger charge is -2.25. The zero-order chi connectivity index (χ0) is 24.7. The number of aliphatic hydroxyl groups excluding tert-OH is 1. The van der Waals surface area contributed by atoms with Crippen LogP contribution in [0.2, 0.25) is 0 Å². The van der Waals surface area contributed by atoms with Crippen LogP contribution in [-0.2, 0) is 14.3 Å².